The molecule has 0 bridgehead atoms. The summed E-state index contributed by atoms with van der Waals surface area (Å²) in [5.41, 5.74) is 14.7. The highest BCUT2D eigenvalue weighted by molar-refractivity contribution is 7.99. The van der Waals surface area contributed by atoms with Crippen LogP contribution < -0.4 is 22.5 Å². The summed E-state index contributed by atoms with van der Waals surface area (Å²) < 4.78 is 0. The van der Waals surface area contributed by atoms with E-state index in [2.05, 4.69) is 0 Å². The van der Waals surface area contributed by atoms with Gasteiger partial charge in [-0.25, -0.2) is 0 Å². The molecule has 0 atom stereocenters. The fraction of sp³-hybridized carbons (Fsp3) is 0.0714. The van der Waals surface area contributed by atoms with Gasteiger partial charge in [-0.2, -0.15) is 0 Å². The summed E-state index contributed by atoms with van der Waals surface area (Å²) in [6.45, 7) is 1.55. The number of fused-ring (bicyclic) bond motifs is 2. The monoisotopic (exact) mass is 288 g/mol. The third kappa shape index (κ3) is 2.19. The molecule has 0 radical (unpaired) electrons. The highest BCUT2D eigenvalue weighted by Gasteiger charge is 2.26. The van der Waals surface area contributed by atoms with E-state index in [-0.39, 0.29) is 12.1 Å². The third-order valence-electron chi connectivity index (χ3n) is 2.98. The van der Waals surface area contributed by atoms with Crippen LogP contribution in [0, 0.1) is 0 Å². The first kappa shape index (κ1) is 14.2. The minimum atomic E-state index is -0.0302. The molecule has 20 heavy (non-hydrogen) atoms. The van der Waals surface area contributed by atoms with Crippen LogP contribution in [0.3, 0.4) is 0 Å². The van der Waals surface area contributed by atoms with Crippen molar-refractivity contribution in [2.24, 2.45) is 0 Å². The lowest BCUT2D eigenvalue weighted by Crippen LogP contribution is -2.25. The molecule has 1 aliphatic rings. The predicted molar refractivity (Wildman–Crippen MR) is 83.7 cm³/mol. The van der Waals surface area contributed by atoms with Crippen molar-refractivity contribution < 1.29 is 4.79 Å². The second-order valence-electron chi connectivity index (χ2n) is 4.41. The number of hydrogen-bond donors (Lipinski definition) is 3. The van der Waals surface area contributed by atoms with Gasteiger partial charge in [0.05, 0.1) is 11.4 Å². The molecule has 104 valence electrons. The number of hydrogen-bond acceptors (Lipinski definition) is 5. The van der Waals surface area contributed by atoms with Crippen molar-refractivity contribution in [3.8, 4) is 0 Å². The number of nitrogens with zero attached hydrogens (tertiary/aromatic N) is 1. The van der Waals surface area contributed by atoms with Crippen molar-refractivity contribution in [1.29, 1.82) is 0 Å². The third-order valence-corrected chi connectivity index (χ3v) is 4.08. The number of anilines is 4. The average molecular weight is 288 g/mol. The molecule has 0 saturated heterocycles. The van der Waals surface area contributed by atoms with Gasteiger partial charge in [-0.15, -0.1) is 0 Å². The Kier molecular flexibility index (Phi) is 3.61. The van der Waals surface area contributed by atoms with Gasteiger partial charge in [-0.3, -0.25) is 9.69 Å². The van der Waals surface area contributed by atoms with Crippen molar-refractivity contribution in [2.75, 3.05) is 16.4 Å². The zero-order valence-corrected chi connectivity index (χ0v) is 11.9. The summed E-state index contributed by atoms with van der Waals surface area (Å²) in [5, 5.41) is 0. The summed E-state index contributed by atoms with van der Waals surface area (Å²) in [5.74, 6) is -0.0302. The van der Waals surface area contributed by atoms with E-state index in [1.165, 1.54) is 0 Å². The van der Waals surface area contributed by atoms with E-state index in [9.17, 15) is 4.79 Å². The first-order chi connectivity index (χ1) is 9.06. The van der Waals surface area contributed by atoms with Crippen LogP contribution in [0.25, 0.3) is 0 Å². The molecule has 6 heteroatoms. The number of nitrogens with two attached hydrogens (primary N) is 2. The number of amides is 1. The molecule has 0 unspecified atom stereocenters. The molecule has 1 heterocycles. The van der Waals surface area contributed by atoms with Gasteiger partial charge in [0.25, 0.3) is 0 Å². The number of benzene rings is 2. The van der Waals surface area contributed by atoms with Gasteiger partial charge >= 0.3 is 0 Å². The maximum atomic E-state index is 11.9. The zero-order valence-electron chi connectivity index (χ0n) is 11.1. The highest BCUT2D eigenvalue weighted by Crippen LogP contribution is 2.49. The smallest absolute Gasteiger partial charge is 0.228 e. The molecular weight excluding hydrogens is 272 g/mol. The average Bonchev–Trinajstić information content (AvgIpc) is 2.35. The summed E-state index contributed by atoms with van der Waals surface area (Å²) >= 11 is 1.58. The predicted octanol–water partition coefficient (Wildman–Crippen LogP) is 3.16. The second kappa shape index (κ2) is 5.07. The molecule has 7 N–H and O–H groups in total. The summed E-state index contributed by atoms with van der Waals surface area (Å²) in [4.78, 5) is 15.6. The Morgan fingerprint density at radius 3 is 1.85 bits per heavy atom. The van der Waals surface area contributed by atoms with Crippen molar-refractivity contribution in [2.45, 2.75) is 16.7 Å². The molecule has 0 aliphatic carbocycles. The molecule has 1 aliphatic heterocycles. The Morgan fingerprint density at radius 1 is 1.00 bits per heavy atom. The van der Waals surface area contributed by atoms with Gasteiger partial charge in [0.1, 0.15) is 0 Å². The molecule has 5 nitrogen and oxygen atoms in total. The minimum absolute atomic E-state index is 0. The highest BCUT2D eigenvalue weighted by atomic mass is 32.2. The van der Waals surface area contributed by atoms with E-state index in [0.29, 0.717) is 11.4 Å². The van der Waals surface area contributed by atoms with Crippen LogP contribution in [-0.2, 0) is 4.79 Å². The maximum absolute atomic E-state index is 11.9. The number of carbonyl (C=O) groups is 1. The van der Waals surface area contributed by atoms with Crippen LogP contribution in [0.2, 0.25) is 0 Å². The van der Waals surface area contributed by atoms with Crippen LogP contribution in [0.5, 0.6) is 0 Å². The van der Waals surface area contributed by atoms with E-state index in [0.717, 1.165) is 21.2 Å². The van der Waals surface area contributed by atoms with Gasteiger partial charge in [0, 0.05) is 28.1 Å². The van der Waals surface area contributed by atoms with Gasteiger partial charge < -0.3 is 17.6 Å². The summed E-state index contributed by atoms with van der Waals surface area (Å²) in [7, 11) is 0. The molecule has 0 saturated carbocycles. The Morgan fingerprint density at radius 2 is 1.45 bits per heavy atom. The van der Waals surface area contributed by atoms with Crippen LogP contribution in [-0.4, -0.2) is 5.91 Å². The molecule has 0 aromatic heterocycles. The Bertz CT molecular complexity index is 635. The summed E-state index contributed by atoms with van der Waals surface area (Å²) in [6.07, 6.45) is 0. The van der Waals surface area contributed by atoms with Crippen molar-refractivity contribution in [3.05, 3.63) is 36.4 Å². The van der Waals surface area contributed by atoms with Crippen molar-refractivity contribution in [3.63, 3.8) is 0 Å². The molecular formula is C14H16N4OS. The molecule has 1 amide bonds. The zero-order chi connectivity index (χ0) is 13.6. The first-order valence-corrected chi connectivity index (χ1v) is 6.65. The fourth-order valence-electron chi connectivity index (χ4n) is 2.18. The van der Waals surface area contributed by atoms with Gasteiger partial charge in [0.2, 0.25) is 5.91 Å². The Balaban J connectivity index is 0.00000147. The lowest BCUT2D eigenvalue weighted by molar-refractivity contribution is -0.115. The second-order valence-corrected chi connectivity index (χ2v) is 5.49. The van der Waals surface area contributed by atoms with Crippen LogP contribution in [0.4, 0.5) is 22.7 Å². The fourth-order valence-corrected chi connectivity index (χ4v) is 3.34. The number of rotatable bonds is 0. The lowest BCUT2D eigenvalue weighted by Gasteiger charge is -2.30. The van der Waals surface area contributed by atoms with Crippen LogP contribution in [0.15, 0.2) is 46.2 Å². The van der Waals surface area contributed by atoms with E-state index >= 15 is 0 Å². The molecule has 0 spiro atoms. The van der Waals surface area contributed by atoms with Crippen LogP contribution >= 0.6 is 11.8 Å². The molecule has 2 aromatic rings. The first-order valence-electron chi connectivity index (χ1n) is 5.84. The largest absolute Gasteiger partial charge is 0.399 e. The van der Waals surface area contributed by atoms with Crippen LogP contribution in [0.1, 0.15) is 6.92 Å². The maximum Gasteiger partial charge on any atom is 0.228 e. The minimum Gasteiger partial charge on any atom is -0.399 e. The summed E-state index contributed by atoms with van der Waals surface area (Å²) in [6, 6.07) is 11.1. The lowest BCUT2D eigenvalue weighted by atomic mass is 10.2. The van der Waals surface area contributed by atoms with Gasteiger partial charge in [0.15, 0.2) is 0 Å². The standard InChI is InChI=1S/C14H13N3OS.H3N/c1-8(18)17-11-4-2-9(15)6-13(11)19-14-7-10(16)3-5-12(14)17;/h2-7H,15-16H2,1H3;1H3. The number of nitrogen functional groups attached to an aromatic ring is 2. The molecule has 3 rings (SSSR count). The van der Waals surface area contributed by atoms with Gasteiger partial charge in [-0.05, 0) is 36.4 Å². The van der Waals surface area contributed by atoms with Gasteiger partial charge in [-0.1, -0.05) is 11.8 Å². The quantitative estimate of drug-likeness (QED) is 0.645. The van der Waals surface area contributed by atoms with E-state index < -0.39 is 0 Å². The van der Waals surface area contributed by atoms with E-state index in [1.54, 1.807) is 35.7 Å². The Hall–Kier alpha value is -2.18. The Labute approximate surface area is 121 Å². The van der Waals surface area contributed by atoms with Crippen molar-refractivity contribution >= 4 is 40.4 Å². The van der Waals surface area contributed by atoms with Crippen molar-refractivity contribution in [1.82, 2.24) is 6.15 Å². The SMILES string of the molecule is CC(=O)N1c2ccc(N)cc2Sc2cc(N)ccc21.N. The molecule has 0 fully saturated rings. The normalized spacial score (nSPS) is 12.2. The van der Waals surface area contributed by atoms with E-state index in [4.69, 9.17) is 11.5 Å². The van der Waals surface area contributed by atoms with E-state index in [1.807, 2.05) is 24.3 Å². The number of carbonyl (C=O) groups excluding carboxylic acids is 1. The molecule has 2 aromatic carbocycles. The topological polar surface area (TPSA) is 107 Å².